The number of rotatable bonds is 8. The molecule has 1 atom stereocenters. The summed E-state index contributed by atoms with van der Waals surface area (Å²) in [5.74, 6) is 0.266. The quantitative estimate of drug-likeness (QED) is 0.346. The first kappa shape index (κ1) is 23.2. The number of aromatic nitrogens is 1. The lowest BCUT2D eigenvalue weighted by molar-refractivity contribution is -0.120. The first-order chi connectivity index (χ1) is 16.5. The maximum Gasteiger partial charge on any atom is 0.228 e. The monoisotopic (exact) mass is 471 g/mol. The largest absolute Gasteiger partial charge is 0.497 e. The van der Waals surface area contributed by atoms with Crippen molar-refractivity contribution in [3.8, 4) is 27.4 Å². The first-order valence-corrected chi connectivity index (χ1v) is 11.7. The zero-order valence-corrected chi connectivity index (χ0v) is 19.8. The van der Waals surface area contributed by atoms with E-state index in [-0.39, 0.29) is 18.2 Å². The number of amides is 2. The summed E-state index contributed by atoms with van der Waals surface area (Å²) in [4.78, 5) is 30.5. The Kier molecular flexibility index (Phi) is 7.34. The normalized spacial score (nSPS) is 11.5. The number of anilines is 1. The first-order valence-electron chi connectivity index (χ1n) is 10.9. The van der Waals surface area contributed by atoms with Crippen LogP contribution >= 0.6 is 11.3 Å². The Morgan fingerprint density at radius 1 is 0.912 bits per heavy atom. The van der Waals surface area contributed by atoms with Gasteiger partial charge in [-0.3, -0.25) is 9.59 Å². The summed E-state index contributed by atoms with van der Waals surface area (Å²) < 4.78 is 5.20. The molecule has 4 rings (SSSR count). The number of thiazole rings is 1. The Labute approximate surface area is 202 Å². The molecule has 0 aliphatic heterocycles. The third kappa shape index (κ3) is 5.68. The molecule has 0 saturated carbocycles. The molecule has 2 N–H and O–H groups in total. The van der Waals surface area contributed by atoms with E-state index in [1.165, 1.54) is 18.3 Å². The minimum atomic E-state index is -0.467. The number of ether oxygens (including phenoxy) is 1. The number of benzene rings is 3. The summed E-state index contributed by atoms with van der Waals surface area (Å²) in [5.41, 5.74) is 3.65. The predicted molar refractivity (Wildman–Crippen MR) is 136 cm³/mol. The Balaban J connectivity index is 1.58. The second-order valence-corrected chi connectivity index (χ2v) is 8.71. The third-order valence-corrected chi connectivity index (χ3v) is 6.26. The number of methoxy groups -OCH3 is 1. The summed E-state index contributed by atoms with van der Waals surface area (Å²) in [5, 5.41) is 6.30. The van der Waals surface area contributed by atoms with Crippen molar-refractivity contribution in [2.24, 2.45) is 0 Å². The summed E-state index contributed by atoms with van der Waals surface area (Å²) in [7, 11) is 1.59. The number of hydrogen-bond donors (Lipinski definition) is 2. The molecule has 0 saturated heterocycles. The Bertz CT molecular complexity index is 1200. The fourth-order valence-corrected chi connectivity index (χ4v) is 4.65. The summed E-state index contributed by atoms with van der Waals surface area (Å²) in [6.07, 6.45) is 0.0762. The number of carbonyl (C=O) groups is 2. The lowest BCUT2D eigenvalue weighted by atomic mass is 10.0. The SMILES string of the molecule is COc1ccc(C(CC(=O)Nc2nc(-c3ccccc3)c(-c3ccccc3)s2)NC(C)=O)cc1. The molecule has 6 nitrogen and oxygen atoms in total. The summed E-state index contributed by atoms with van der Waals surface area (Å²) >= 11 is 1.43. The minimum Gasteiger partial charge on any atom is -0.497 e. The standard InChI is InChI=1S/C27H25N3O3S/c1-18(31)28-23(19-13-15-22(33-2)16-14-19)17-24(32)29-27-30-25(20-9-5-3-6-10-20)26(34-27)21-11-7-4-8-12-21/h3-16,23H,17H2,1-2H3,(H,28,31)(H,29,30,32). The second-order valence-electron chi connectivity index (χ2n) is 7.71. The number of hydrogen-bond acceptors (Lipinski definition) is 5. The topological polar surface area (TPSA) is 80.3 Å². The molecule has 0 bridgehead atoms. The maximum absolute atomic E-state index is 13.0. The van der Waals surface area contributed by atoms with Crippen LogP contribution in [0.25, 0.3) is 21.7 Å². The maximum atomic E-state index is 13.0. The Morgan fingerprint density at radius 3 is 2.12 bits per heavy atom. The highest BCUT2D eigenvalue weighted by Gasteiger charge is 2.20. The predicted octanol–water partition coefficient (Wildman–Crippen LogP) is 5.69. The highest BCUT2D eigenvalue weighted by atomic mass is 32.1. The second kappa shape index (κ2) is 10.8. The van der Waals surface area contributed by atoms with Crippen molar-refractivity contribution in [2.75, 3.05) is 12.4 Å². The molecule has 3 aromatic carbocycles. The third-order valence-electron chi connectivity index (χ3n) is 5.24. The average molecular weight is 472 g/mol. The van der Waals surface area contributed by atoms with Gasteiger partial charge in [0.1, 0.15) is 5.75 Å². The molecule has 2 amide bonds. The zero-order chi connectivity index (χ0) is 23.9. The van der Waals surface area contributed by atoms with Gasteiger partial charge in [0.25, 0.3) is 0 Å². The van der Waals surface area contributed by atoms with Gasteiger partial charge in [-0.15, -0.1) is 0 Å². The number of carbonyl (C=O) groups excluding carboxylic acids is 2. The number of nitrogens with one attached hydrogen (secondary N) is 2. The summed E-state index contributed by atoms with van der Waals surface area (Å²) in [6, 6.07) is 26.7. The molecule has 7 heteroatoms. The lowest BCUT2D eigenvalue weighted by Gasteiger charge is -2.18. The molecular formula is C27H25N3O3S. The van der Waals surface area contributed by atoms with Gasteiger partial charge in [0.05, 0.1) is 30.1 Å². The minimum absolute atomic E-state index is 0.0762. The van der Waals surface area contributed by atoms with Gasteiger partial charge >= 0.3 is 0 Å². The fourth-order valence-electron chi connectivity index (χ4n) is 3.64. The molecule has 0 spiro atoms. The van der Waals surface area contributed by atoms with Crippen molar-refractivity contribution in [3.05, 3.63) is 90.5 Å². The van der Waals surface area contributed by atoms with E-state index >= 15 is 0 Å². The van der Waals surface area contributed by atoms with Gasteiger partial charge < -0.3 is 15.4 Å². The molecule has 0 radical (unpaired) electrons. The van der Waals surface area contributed by atoms with E-state index in [0.29, 0.717) is 10.9 Å². The van der Waals surface area contributed by atoms with Crippen molar-refractivity contribution in [2.45, 2.75) is 19.4 Å². The average Bonchev–Trinajstić information content (AvgIpc) is 3.28. The van der Waals surface area contributed by atoms with E-state index in [2.05, 4.69) is 10.6 Å². The van der Waals surface area contributed by atoms with Crippen LogP contribution < -0.4 is 15.4 Å². The molecule has 1 aromatic heterocycles. The zero-order valence-electron chi connectivity index (χ0n) is 18.9. The molecule has 34 heavy (non-hydrogen) atoms. The fraction of sp³-hybridized carbons (Fsp3) is 0.148. The van der Waals surface area contributed by atoms with Crippen molar-refractivity contribution in [1.29, 1.82) is 0 Å². The Morgan fingerprint density at radius 2 is 1.53 bits per heavy atom. The smallest absolute Gasteiger partial charge is 0.228 e. The van der Waals surface area contributed by atoms with Crippen LogP contribution in [0.15, 0.2) is 84.9 Å². The van der Waals surface area contributed by atoms with Crippen LogP contribution in [-0.2, 0) is 9.59 Å². The lowest BCUT2D eigenvalue weighted by Crippen LogP contribution is -2.29. The van der Waals surface area contributed by atoms with Crippen molar-refractivity contribution in [3.63, 3.8) is 0 Å². The van der Waals surface area contributed by atoms with E-state index in [9.17, 15) is 9.59 Å². The van der Waals surface area contributed by atoms with Gasteiger partial charge in [0, 0.05) is 12.5 Å². The molecule has 1 unspecified atom stereocenters. The van der Waals surface area contributed by atoms with Crippen LogP contribution in [0.3, 0.4) is 0 Å². The van der Waals surface area contributed by atoms with E-state index in [1.54, 1.807) is 19.2 Å². The van der Waals surface area contributed by atoms with Crippen LogP contribution in [-0.4, -0.2) is 23.9 Å². The van der Waals surface area contributed by atoms with Crippen molar-refractivity contribution >= 4 is 28.3 Å². The van der Waals surface area contributed by atoms with Gasteiger partial charge in [-0.05, 0) is 23.3 Å². The number of nitrogens with zero attached hydrogens (tertiary/aromatic N) is 1. The van der Waals surface area contributed by atoms with Crippen molar-refractivity contribution < 1.29 is 14.3 Å². The van der Waals surface area contributed by atoms with Gasteiger partial charge in [0.2, 0.25) is 11.8 Å². The van der Waals surface area contributed by atoms with E-state index in [4.69, 9.17) is 9.72 Å². The van der Waals surface area contributed by atoms with E-state index in [0.717, 1.165) is 27.3 Å². The molecule has 0 fully saturated rings. The summed E-state index contributed by atoms with van der Waals surface area (Å²) in [6.45, 7) is 1.44. The molecular weight excluding hydrogens is 446 g/mol. The van der Waals surface area contributed by atoms with Gasteiger partial charge in [-0.25, -0.2) is 4.98 Å². The van der Waals surface area contributed by atoms with Gasteiger partial charge in [0.15, 0.2) is 5.13 Å². The molecule has 0 aliphatic rings. The van der Waals surface area contributed by atoms with E-state index < -0.39 is 6.04 Å². The van der Waals surface area contributed by atoms with Crippen LogP contribution in [0.4, 0.5) is 5.13 Å². The molecule has 172 valence electrons. The van der Waals surface area contributed by atoms with Gasteiger partial charge in [-0.2, -0.15) is 0 Å². The van der Waals surface area contributed by atoms with Gasteiger partial charge in [-0.1, -0.05) is 84.1 Å². The van der Waals surface area contributed by atoms with Crippen LogP contribution in [0.1, 0.15) is 24.9 Å². The van der Waals surface area contributed by atoms with Crippen LogP contribution in [0.2, 0.25) is 0 Å². The Hall–Kier alpha value is -3.97. The molecule has 1 heterocycles. The molecule has 4 aromatic rings. The van der Waals surface area contributed by atoms with Crippen LogP contribution in [0, 0.1) is 0 Å². The van der Waals surface area contributed by atoms with Crippen molar-refractivity contribution in [1.82, 2.24) is 10.3 Å². The van der Waals surface area contributed by atoms with E-state index in [1.807, 2.05) is 72.8 Å². The van der Waals surface area contributed by atoms with Crippen LogP contribution in [0.5, 0.6) is 5.75 Å². The highest BCUT2D eigenvalue weighted by Crippen LogP contribution is 2.39. The molecule has 0 aliphatic carbocycles. The highest BCUT2D eigenvalue weighted by molar-refractivity contribution is 7.19.